The van der Waals surface area contributed by atoms with E-state index in [9.17, 15) is 0 Å². The molecule has 0 atom stereocenters. The molecule has 0 spiro atoms. The minimum absolute atomic E-state index is 0.677. The van der Waals surface area contributed by atoms with E-state index in [0.717, 1.165) is 4.60 Å². The van der Waals surface area contributed by atoms with Gasteiger partial charge in [0.2, 0.25) is 0 Å². The summed E-state index contributed by atoms with van der Waals surface area (Å²) >= 11 is 3.51. The minimum atomic E-state index is 0.677. The van der Waals surface area contributed by atoms with E-state index in [1.165, 1.54) is 30.6 Å². The summed E-state index contributed by atoms with van der Waals surface area (Å²) in [7, 11) is 0. The van der Waals surface area contributed by atoms with Crippen LogP contribution in [0.25, 0.3) is 5.52 Å². The second kappa shape index (κ2) is 3.09. The van der Waals surface area contributed by atoms with Crippen molar-refractivity contribution in [3.8, 4) is 0 Å². The first kappa shape index (κ1) is 8.48. The Hall–Kier alpha value is -0.830. The van der Waals surface area contributed by atoms with Crippen LogP contribution in [0.4, 0.5) is 0 Å². The Morgan fingerprint density at radius 1 is 1.36 bits per heavy atom. The monoisotopic (exact) mass is 250 g/mol. The largest absolute Gasteiger partial charge is 0.302 e. The van der Waals surface area contributed by atoms with Crippen LogP contribution >= 0.6 is 15.9 Å². The Morgan fingerprint density at radius 2 is 2.21 bits per heavy atom. The molecule has 2 aromatic rings. The topological polar surface area (TPSA) is 17.3 Å². The molecule has 1 saturated carbocycles. The summed E-state index contributed by atoms with van der Waals surface area (Å²) < 4.78 is 3.17. The molecule has 14 heavy (non-hydrogen) atoms. The van der Waals surface area contributed by atoms with Crippen molar-refractivity contribution in [3.63, 3.8) is 0 Å². The van der Waals surface area contributed by atoms with Gasteiger partial charge >= 0.3 is 0 Å². The first-order valence-corrected chi connectivity index (χ1v) is 5.78. The van der Waals surface area contributed by atoms with Crippen molar-refractivity contribution in [2.24, 2.45) is 0 Å². The fraction of sp³-hybridized carbons (Fsp3) is 0.364. The quantitative estimate of drug-likeness (QED) is 0.759. The van der Waals surface area contributed by atoms with Gasteiger partial charge in [-0.1, -0.05) is 12.5 Å². The molecule has 1 fully saturated rings. The highest BCUT2D eigenvalue weighted by atomic mass is 79.9. The van der Waals surface area contributed by atoms with Crippen LogP contribution in [0, 0.1) is 0 Å². The van der Waals surface area contributed by atoms with Crippen LogP contribution in [-0.2, 0) is 0 Å². The molecule has 1 aliphatic rings. The third-order valence-electron chi connectivity index (χ3n) is 3.00. The first-order chi connectivity index (χ1) is 6.86. The van der Waals surface area contributed by atoms with Gasteiger partial charge < -0.3 is 4.40 Å². The third kappa shape index (κ3) is 1.12. The maximum absolute atomic E-state index is 4.59. The molecule has 0 radical (unpaired) electrons. The zero-order valence-electron chi connectivity index (χ0n) is 7.78. The van der Waals surface area contributed by atoms with Crippen LogP contribution < -0.4 is 0 Å². The summed E-state index contributed by atoms with van der Waals surface area (Å²) in [5, 5.41) is 0. The van der Waals surface area contributed by atoms with Crippen LogP contribution in [0.3, 0.4) is 0 Å². The second-order valence-corrected chi connectivity index (χ2v) is 4.60. The summed E-state index contributed by atoms with van der Waals surface area (Å²) in [5.74, 6) is 1.90. The Bertz CT molecular complexity index is 471. The fourth-order valence-corrected chi connectivity index (χ4v) is 2.48. The smallest absolute Gasteiger partial charge is 0.132 e. The molecule has 0 saturated heterocycles. The number of halogens is 1. The molecule has 2 heterocycles. The molecular weight excluding hydrogens is 240 g/mol. The summed E-state index contributed by atoms with van der Waals surface area (Å²) in [4.78, 5) is 4.59. The minimum Gasteiger partial charge on any atom is -0.302 e. The van der Waals surface area contributed by atoms with Crippen LogP contribution in [0.5, 0.6) is 0 Å². The molecule has 1 aliphatic carbocycles. The van der Waals surface area contributed by atoms with Crippen LogP contribution in [0.1, 0.15) is 31.0 Å². The number of imidazole rings is 1. The molecule has 0 aliphatic heterocycles. The molecular formula is C11H11BrN2. The zero-order valence-corrected chi connectivity index (χ0v) is 9.37. The van der Waals surface area contributed by atoms with Gasteiger partial charge in [-0.25, -0.2) is 4.98 Å². The van der Waals surface area contributed by atoms with E-state index >= 15 is 0 Å². The van der Waals surface area contributed by atoms with Gasteiger partial charge in [0.15, 0.2) is 0 Å². The van der Waals surface area contributed by atoms with Gasteiger partial charge in [-0.2, -0.15) is 0 Å². The summed E-state index contributed by atoms with van der Waals surface area (Å²) in [6, 6.07) is 6.20. The molecule has 72 valence electrons. The van der Waals surface area contributed by atoms with E-state index in [0.29, 0.717) is 5.92 Å². The number of rotatable bonds is 1. The van der Waals surface area contributed by atoms with E-state index in [1.807, 2.05) is 6.07 Å². The van der Waals surface area contributed by atoms with Crippen LogP contribution in [-0.4, -0.2) is 9.38 Å². The van der Waals surface area contributed by atoms with Crippen molar-refractivity contribution >= 4 is 21.4 Å². The Morgan fingerprint density at radius 3 is 2.93 bits per heavy atom. The highest BCUT2D eigenvalue weighted by molar-refractivity contribution is 9.10. The average molecular weight is 251 g/mol. The molecule has 2 nitrogen and oxygen atoms in total. The van der Waals surface area contributed by atoms with Crippen LogP contribution in [0.2, 0.25) is 0 Å². The van der Waals surface area contributed by atoms with Crippen LogP contribution in [0.15, 0.2) is 29.0 Å². The highest BCUT2D eigenvalue weighted by Crippen LogP contribution is 2.37. The Kier molecular flexibility index (Phi) is 1.87. The van der Waals surface area contributed by atoms with Crippen molar-refractivity contribution in [1.29, 1.82) is 0 Å². The number of fused-ring (bicyclic) bond motifs is 1. The normalized spacial score (nSPS) is 17.2. The number of hydrogen-bond donors (Lipinski definition) is 0. The van der Waals surface area contributed by atoms with Gasteiger partial charge in [-0.15, -0.1) is 0 Å². The van der Waals surface area contributed by atoms with Gasteiger partial charge in [0.25, 0.3) is 0 Å². The molecule has 0 unspecified atom stereocenters. The Labute approximate surface area is 91.1 Å². The van der Waals surface area contributed by atoms with Gasteiger partial charge in [0.1, 0.15) is 10.4 Å². The van der Waals surface area contributed by atoms with Crippen molar-refractivity contribution in [2.45, 2.75) is 25.2 Å². The predicted molar refractivity (Wildman–Crippen MR) is 59.5 cm³/mol. The van der Waals surface area contributed by atoms with Crippen molar-refractivity contribution in [3.05, 3.63) is 34.8 Å². The molecule has 3 heteroatoms. The molecule has 0 bridgehead atoms. The average Bonchev–Trinajstić information content (AvgIpc) is 2.43. The number of nitrogens with zero attached hydrogens (tertiary/aromatic N) is 2. The zero-order chi connectivity index (χ0) is 9.54. The Balaban J connectivity index is 2.23. The SMILES string of the molecule is Brc1nc(C2CCC2)n2ccccc12. The van der Waals surface area contributed by atoms with Crippen molar-refractivity contribution in [1.82, 2.24) is 9.38 Å². The fourth-order valence-electron chi connectivity index (χ4n) is 1.98. The molecule has 3 rings (SSSR count). The molecule has 0 aromatic carbocycles. The summed E-state index contributed by atoms with van der Waals surface area (Å²) in [6.45, 7) is 0. The lowest BCUT2D eigenvalue weighted by molar-refractivity contribution is 0.400. The van der Waals surface area contributed by atoms with E-state index in [-0.39, 0.29) is 0 Å². The van der Waals surface area contributed by atoms with Crippen molar-refractivity contribution in [2.75, 3.05) is 0 Å². The maximum Gasteiger partial charge on any atom is 0.132 e. The lowest BCUT2D eigenvalue weighted by Gasteiger charge is -2.23. The second-order valence-electron chi connectivity index (χ2n) is 3.84. The number of hydrogen-bond acceptors (Lipinski definition) is 1. The van der Waals surface area contributed by atoms with Gasteiger partial charge in [-0.3, -0.25) is 0 Å². The summed E-state index contributed by atoms with van der Waals surface area (Å²) in [6.07, 6.45) is 6.03. The van der Waals surface area contributed by atoms with E-state index in [1.54, 1.807) is 0 Å². The first-order valence-electron chi connectivity index (χ1n) is 4.99. The van der Waals surface area contributed by atoms with E-state index in [2.05, 4.69) is 43.6 Å². The predicted octanol–water partition coefficient (Wildman–Crippen LogP) is 3.36. The van der Waals surface area contributed by atoms with Crippen molar-refractivity contribution < 1.29 is 0 Å². The number of aromatic nitrogens is 2. The molecule has 2 aromatic heterocycles. The lowest BCUT2D eigenvalue weighted by atomic mass is 9.85. The van der Waals surface area contributed by atoms with E-state index in [4.69, 9.17) is 0 Å². The van der Waals surface area contributed by atoms with Gasteiger partial charge in [0.05, 0.1) is 5.52 Å². The summed E-state index contributed by atoms with van der Waals surface area (Å²) in [5.41, 5.74) is 1.18. The maximum atomic E-state index is 4.59. The van der Waals surface area contributed by atoms with Gasteiger partial charge in [-0.05, 0) is 40.9 Å². The molecule has 0 N–H and O–H groups in total. The number of pyridine rings is 1. The molecule has 0 amide bonds. The highest BCUT2D eigenvalue weighted by Gasteiger charge is 2.24. The third-order valence-corrected chi connectivity index (χ3v) is 3.58. The van der Waals surface area contributed by atoms with E-state index < -0.39 is 0 Å². The standard InChI is InChI=1S/C11H11BrN2/c12-10-9-6-1-2-7-14(9)11(13-10)8-4-3-5-8/h1-2,6-8H,3-5H2. The van der Waals surface area contributed by atoms with Gasteiger partial charge in [0, 0.05) is 12.1 Å². The lowest BCUT2D eigenvalue weighted by Crippen LogP contribution is -2.12.